The van der Waals surface area contributed by atoms with Crippen LogP contribution in [0.25, 0.3) is 0 Å². The van der Waals surface area contributed by atoms with E-state index in [0.29, 0.717) is 10.5 Å². The van der Waals surface area contributed by atoms with Gasteiger partial charge < -0.3 is 5.32 Å². The maximum absolute atomic E-state index is 4.65. The van der Waals surface area contributed by atoms with Crippen LogP contribution in [0.5, 0.6) is 0 Å². The molecule has 2 atom stereocenters. The molecule has 1 saturated heterocycles. The molecular weight excluding hydrogens is 365 g/mol. The highest BCUT2D eigenvalue weighted by Crippen LogP contribution is 2.42. The molecule has 1 aromatic heterocycles. The van der Waals surface area contributed by atoms with Gasteiger partial charge in [-0.3, -0.25) is 0 Å². The van der Waals surface area contributed by atoms with Crippen molar-refractivity contribution in [1.82, 2.24) is 9.97 Å². The number of anilines is 1. The van der Waals surface area contributed by atoms with Gasteiger partial charge in [0, 0.05) is 30.0 Å². The Balaban J connectivity index is 2.25. The van der Waals surface area contributed by atoms with Crippen molar-refractivity contribution in [3.63, 3.8) is 0 Å². The molecule has 1 fully saturated rings. The first-order chi connectivity index (χ1) is 8.26. The molecule has 3 nitrogen and oxygen atoms in total. The van der Waals surface area contributed by atoms with Gasteiger partial charge in [-0.1, -0.05) is 6.92 Å². The van der Waals surface area contributed by atoms with E-state index in [1.165, 1.54) is 17.9 Å². The number of aromatic nitrogens is 2. The average Bonchev–Trinajstić information content (AvgIpc) is 2.39. The summed E-state index contributed by atoms with van der Waals surface area (Å²) in [6.07, 6.45) is 3.11. The van der Waals surface area contributed by atoms with Crippen LogP contribution >= 0.6 is 46.1 Å². The van der Waals surface area contributed by atoms with Crippen LogP contribution in [0.1, 0.15) is 24.4 Å². The second-order valence-corrected chi connectivity index (χ2v) is 7.54. The molecule has 6 heteroatoms. The lowest BCUT2D eigenvalue weighted by Gasteiger charge is -2.28. The molecule has 17 heavy (non-hydrogen) atoms. The molecule has 0 saturated carbocycles. The Labute approximate surface area is 124 Å². The number of hydrogen-bond donors (Lipinski definition) is 1. The number of thioether (sulfide) groups is 2. The summed E-state index contributed by atoms with van der Waals surface area (Å²) in [5, 5.41) is 4.23. The van der Waals surface area contributed by atoms with Crippen LogP contribution in [-0.4, -0.2) is 33.8 Å². The largest absolute Gasteiger partial charge is 0.372 e. The molecule has 0 amide bonds. The molecule has 1 N–H and O–H groups in total. The molecule has 1 aromatic rings. The second-order valence-electron chi connectivity index (χ2n) is 3.78. The van der Waals surface area contributed by atoms with Crippen molar-refractivity contribution in [2.45, 2.75) is 23.8 Å². The van der Waals surface area contributed by atoms with Gasteiger partial charge in [0.15, 0.2) is 0 Å². The van der Waals surface area contributed by atoms with Crippen LogP contribution in [-0.2, 0) is 0 Å². The number of nitrogens with one attached hydrogen (secondary N) is 1. The van der Waals surface area contributed by atoms with Crippen molar-refractivity contribution >= 4 is 51.9 Å². The summed E-state index contributed by atoms with van der Waals surface area (Å²) in [5.41, 5.74) is 0. The Kier molecular flexibility index (Phi) is 5.23. The van der Waals surface area contributed by atoms with Gasteiger partial charge in [-0.2, -0.15) is 11.8 Å². The van der Waals surface area contributed by atoms with E-state index in [1.54, 1.807) is 0 Å². The summed E-state index contributed by atoms with van der Waals surface area (Å²) >= 11 is 6.32. The van der Waals surface area contributed by atoms with Crippen LogP contribution in [0, 0.1) is 3.57 Å². The fourth-order valence-electron chi connectivity index (χ4n) is 1.84. The summed E-state index contributed by atoms with van der Waals surface area (Å²) in [6.45, 7) is 2.25. The zero-order valence-corrected chi connectivity index (χ0v) is 13.7. The Morgan fingerprint density at radius 1 is 1.47 bits per heavy atom. The van der Waals surface area contributed by atoms with Crippen LogP contribution in [0.15, 0.2) is 6.20 Å². The fraction of sp³-hybridized carbons (Fsp3) is 0.636. The molecule has 0 aliphatic carbocycles. The summed E-state index contributed by atoms with van der Waals surface area (Å²) in [7, 11) is 1.91. The molecule has 0 bridgehead atoms. The van der Waals surface area contributed by atoms with Gasteiger partial charge in [-0.05, 0) is 29.0 Å². The third kappa shape index (κ3) is 3.20. The topological polar surface area (TPSA) is 37.8 Å². The summed E-state index contributed by atoms with van der Waals surface area (Å²) in [6, 6.07) is 0. The van der Waals surface area contributed by atoms with E-state index in [1.807, 2.05) is 25.0 Å². The SMILES string of the molecule is CCC1SCCSC1c1ncc(I)c(NC)n1. The Morgan fingerprint density at radius 3 is 2.94 bits per heavy atom. The lowest BCUT2D eigenvalue weighted by molar-refractivity contribution is 0.749. The van der Waals surface area contributed by atoms with Gasteiger partial charge in [0.25, 0.3) is 0 Å². The lowest BCUT2D eigenvalue weighted by atomic mass is 10.2. The quantitative estimate of drug-likeness (QED) is 0.813. The van der Waals surface area contributed by atoms with Gasteiger partial charge in [0.2, 0.25) is 0 Å². The van der Waals surface area contributed by atoms with Crippen molar-refractivity contribution in [1.29, 1.82) is 0 Å². The Hall–Kier alpha value is 0.310. The number of halogens is 1. The summed E-state index contributed by atoms with van der Waals surface area (Å²) < 4.78 is 1.08. The zero-order valence-electron chi connectivity index (χ0n) is 9.94. The maximum Gasteiger partial charge on any atom is 0.144 e. The minimum Gasteiger partial charge on any atom is -0.372 e. The Morgan fingerprint density at radius 2 is 2.24 bits per heavy atom. The Bertz CT molecular complexity index is 389. The van der Waals surface area contributed by atoms with Crippen molar-refractivity contribution < 1.29 is 0 Å². The van der Waals surface area contributed by atoms with Gasteiger partial charge in [-0.25, -0.2) is 9.97 Å². The third-order valence-corrected chi connectivity index (χ3v) is 6.74. The smallest absolute Gasteiger partial charge is 0.144 e. The van der Waals surface area contributed by atoms with Crippen molar-refractivity contribution in [3.05, 3.63) is 15.6 Å². The van der Waals surface area contributed by atoms with E-state index in [4.69, 9.17) is 0 Å². The highest BCUT2D eigenvalue weighted by Gasteiger charge is 2.28. The molecule has 2 rings (SSSR count). The highest BCUT2D eigenvalue weighted by atomic mass is 127. The summed E-state index contributed by atoms with van der Waals surface area (Å²) in [4.78, 5) is 9.16. The van der Waals surface area contributed by atoms with Crippen LogP contribution in [0.3, 0.4) is 0 Å². The van der Waals surface area contributed by atoms with Crippen molar-refractivity contribution in [2.24, 2.45) is 0 Å². The molecule has 1 aliphatic rings. The van der Waals surface area contributed by atoms with E-state index in [9.17, 15) is 0 Å². The zero-order chi connectivity index (χ0) is 12.3. The second kappa shape index (κ2) is 6.47. The lowest BCUT2D eigenvalue weighted by Crippen LogP contribution is -2.20. The first-order valence-corrected chi connectivity index (χ1v) is 8.87. The molecule has 0 aromatic carbocycles. The van der Waals surface area contributed by atoms with Crippen molar-refractivity contribution in [3.8, 4) is 0 Å². The van der Waals surface area contributed by atoms with E-state index >= 15 is 0 Å². The molecular formula is C11H16IN3S2. The molecule has 0 radical (unpaired) electrons. The van der Waals surface area contributed by atoms with Crippen LogP contribution < -0.4 is 5.32 Å². The minimum atomic E-state index is 0.447. The normalized spacial score (nSPS) is 24.6. The standard InChI is InChI=1S/C11H16IN3S2/c1-3-8-9(17-5-4-16-8)11-14-6-7(12)10(13-2)15-11/h6,8-9H,3-5H2,1-2H3,(H,13,14,15). The number of nitrogens with zero attached hydrogens (tertiary/aromatic N) is 2. The predicted octanol–water partition coefficient (Wildman–Crippen LogP) is 3.42. The van der Waals surface area contributed by atoms with Gasteiger partial charge in [0.05, 0.1) is 8.82 Å². The molecule has 2 unspecified atom stereocenters. The van der Waals surface area contributed by atoms with Gasteiger partial charge in [-0.15, -0.1) is 11.8 Å². The van der Waals surface area contributed by atoms with E-state index < -0.39 is 0 Å². The van der Waals surface area contributed by atoms with Gasteiger partial charge in [0.1, 0.15) is 11.6 Å². The molecule has 1 aliphatic heterocycles. The molecule has 94 valence electrons. The molecule has 0 spiro atoms. The molecule has 2 heterocycles. The fourth-order valence-corrected chi connectivity index (χ4v) is 5.36. The highest BCUT2D eigenvalue weighted by molar-refractivity contribution is 14.1. The van der Waals surface area contributed by atoms with E-state index in [-0.39, 0.29) is 0 Å². The number of hydrogen-bond acceptors (Lipinski definition) is 5. The summed E-state index contributed by atoms with van der Waals surface area (Å²) in [5.74, 6) is 4.39. The minimum absolute atomic E-state index is 0.447. The predicted molar refractivity (Wildman–Crippen MR) is 86.0 cm³/mol. The monoisotopic (exact) mass is 381 g/mol. The van der Waals surface area contributed by atoms with E-state index in [2.05, 4.69) is 56.6 Å². The van der Waals surface area contributed by atoms with Crippen molar-refractivity contribution in [2.75, 3.05) is 23.9 Å². The maximum atomic E-state index is 4.65. The third-order valence-electron chi connectivity index (χ3n) is 2.71. The van der Waals surface area contributed by atoms with E-state index in [0.717, 1.165) is 15.2 Å². The first kappa shape index (κ1) is 13.7. The first-order valence-electron chi connectivity index (χ1n) is 5.69. The average molecular weight is 381 g/mol. The number of rotatable bonds is 3. The van der Waals surface area contributed by atoms with Crippen LogP contribution in [0.4, 0.5) is 5.82 Å². The van der Waals surface area contributed by atoms with Crippen LogP contribution in [0.2, 0.25) is 0 Å². The van der Waals surface area contributed by atoms with Gasteiger partial charge >= 0.3 is 0 Å².